The van der Waals surface area contributed by atoms with Crippen LogP contribution in [0.1, 0.15) is 34.3 Å². The van der Waals surface area contributed by atoms with Crippen LogP contribution in [-0.4, -0.2) is 36.4 Å². The van der Waals surface area contributed by atoms with Gasteiger partial charge in [0.05, 0.1) is 5.56 Å². The molecule has 0 saturated carbocycles. The van der Waals surface area contributed by atoms with Crippen molar-refractivity contribution < 1.29 is 14.0 Å². The van der Waals surface area contributed by atoms with Crippen molar-refractivity contribution in [2.75, 3.05) is 29.4 Å². The second-order valence-electron chi connectivity index (χ2n) is 8.18. The van der Waals surface area contributed by atoms with Gasteiger partial charge in [-0.2, -0.15) is 0 Å². The van der Waals surface area contributed by atoms with E-state index < -0.39 is 0 Å². The molecule has 2 aromatic carbocycles. The molecule has 170 valence electrons. The number of para-hydroxylation sites is 1. The third-order valence-corrected chi connectivity index (χ3v) is 5.78. The van der Waals surface area contributed by atoms with Crippen LogP contribution in [0.4, 0.5) is 15.9 Å². The van der Waals surface area contributed by atoms with E-state index in [0.717, 1.165) is 42.9 Å². The number of carbonyl (C=O) groups is 2. The van der Waals surface area contributed by atoms with Crippen molar-refractivity contribution in [2.45, 2.75) is 26.3 Å². The Labute approximate surface area is 193 Å². The molecule has 0 unspecified atom stereocenters. The highest BCUT2D eigenvalue weighted by atomic mass is 19.1. The van der Waals surface area contributed by atoms with Crippen molar-refractivity contribution in [1.82, 2.24) is 10.3 Å². The molecular weight excluding hydrogens is 419 g/mol. The number of anilines is 2. The second kappa shape index (κ2) is 10.3. The Hall–Kier alpha value is -3.74. The van der Waals surface area contributed by atoms with Gasteiger partial charge in [0, 0.05) is 31.5 Å². The number of pyridine rings is 1. The molecule has 1 aliphatic rings. The van der Waals surface area contributed by atoms with Gasteiger partial charge in [0.2, 0.25) is 5.91 Å². The minimum absolute atomic E-state index is 0.140. The zero-order valence-electron chi connectivity index (χ0n) is 18.6. The number of nitrogens with zero attached hydrogens (tertiary/aromatic N) is 3. The first kappa shape index (κ1) is 22.5. The van der Waals surface area contributed by atoms with Crippen LogP contribution >= 0.6 is 0 Å². The number of hydrogen-bond acceptors (Lipinski definition) is 4. The van der Waals surface area contributed by atoms with E-state index in [1.165, 1.54) is 17.0 Å². The molecule has 2 heterocycles. The monoisotopic (exact) mass is 446 g/mol. The summed E-state index contributed by atoms with van der Waals surface area (Å²) in [5, 5.41) is 2.81. The summed E-state index contributed by atoms with van der Waals surface area (Å²) in [7, 11) is 0. The number of amides is 2. The SMILES string of the molecule is Cc1ccccc1N(CC(=O)NCc1ccc(F)cc1)C(=O)c1ccc(N2CCCC2)nc1. The van der Waals surface area contributed by atoms with Crippen LogP contribution in [0.25, 0.3) is 0 Å². The van der Waals surface area contributed by atoms with Crippen LogP contribution in [0, 0.1) is 12.7 Å². The van der Waals surface area contributed by atoms with Gasteiger partial charge < -0.3 is 10.2 Å². The first-order valence-corrected chi connectivity index (χ1v) is 11.1. The van der Waals surface area contributed by atoms with E-state index in [4.69, 9.17) is 0 Å². The molecule has 6 nitrogen and oxygen atoms in total. The number of aromatic nitrogens is 1. The lowest BCUT2D eigenvalue weighted by atomic mass is 10.1. The number of halogens is 1. The van der Waals surface area contributed by atoms with Gasteiger partial charge in [-0.1, -0.05) is 30.3 Å². The van der Waals surface area contributed by atoms with Crippen molar-refractivity contribution in [1.29, 1.82) is 0 Å². The summed E-state index contributed by atoms with van der Waals surface area (Å²) in [6, 6.07) is 17.0. The molecular formula is C26H27FN4O2. The van der Waals surface area contributed by atoms with Crippen LogP contribution in [0.15, 0.2) is 66.9 Å². The molecule has 33 heavy (non-hydrogen) atoms. The number of nitrogens with one attached hydrogen (secondary N) is 1. The molecule has 1 aromatic heterocycles. The lowest BCUT2D eigenvalue weighted by Gasteiger charge is -2.24. The zero-order chi connectivity index (χ0) is 23.2. The van der Waals surface area contributed by atoms with Gasteiger partial charge in [0.15, 0.2) is 0 Å². The summed E-state index contributed by atoms with van der Waals surface area (Å²) in [6.07, 6.45) is 3.88. The number of carbonyl (C=O) groups excluding carboxylic acids is 2. The molecule has 0 spiro atoms. The molecule has 0 atom stereocenters. The van der Waals surface area contributed by atoms with E-state index in [2.05, 4.69) is 15.2 Å². The highest BCUT2D eigenvalue weighted by Gasteiger charge is 2.23. The first-order valence-electron chi connectivity index (χ1n) is 11.1. The fraction of sp³-hybridized carbons (Fsp3) is 0.269. The van der Waals surface area contributed by atoms with Gasteiger partial charge in [-0.25, -0.2) is 9.37 Å². The van der Waals surface area contributed by atoms with Crippen LogP contribution in [-0.2, 0) is 11.3 Å². The van der Waals surface area contributed by atoms with Gasteiger partial charge in [-0.05, 0) is 61.2 Å². The van der Waals surface area contributed by atoms with Crippen molar-refractivity contribution in [3.8, 4) is 0 Å². The standard InChI is InChI=1S/C26H27FN4O2/c1-19-6-2-3-7-23(19)31(18-25(32)29-16-20-8-11-22(27)12-9-20)26(33)21-10-13-24(28-17-21)30-14-4-5-15-30/h2-3,6-13,17H,4-5,14-16,18H2,1H3,(H,29,32). The highest BCUT2D eigenvalue weighted by Crippen LogP contribution is 2.23. The Kier molecular flexibility index (Phi) is 6.98. The highest BCUT2D eigenvalue weighted by molar-refractivity contribution is 6.09. The van der Waals surface area contributed by atoms with E-state index in [-0.39, 0.29) is 30.7 Å². The molecule has 1 N–H and O–H groups in total. The van der Waals surface area contributed by atoms with Gasteiger partial charge in [0.25, 0.3) is 5.91 Å². The molecule has 0 radical (unpaired) electrons. The Bertz CT molecular complexity index is 1110. The van der Waals surface area contributed by atoms with Crippen molar-refractivity contribution in [3.63, 3.8) is 0 Å². The van der Waals surface area contributed by atoms with E-state index in [0.29, 0.717) is 11.3 Å². The van der Waals surface area contributed by atoms with Crippen LogP contribution in [0.5, 0.6) is 0 Å². The minimum Gasteiger partial charge on any atom is -0.357 e. The maximum Gasteiger partial charge on any atom is 0.260 e. The molecule has 7 heteroatoms. The van der Waals surface area contributed by atoms with Crippen LogP contribution in [0.2, 0.25) is 0 Å². The molecule has 0 aliphatic carbocycles. The maximum absolute atomic E-state index is 13.4. The molecule has 1 saturated heterocycles. The summed E-state index contributed by atoms with van der Waals surface area (Å²) in [5.41, 5.74) is 2.76. The number of hydrogen-bond donors (Lipinski definition) is 1. The zero-order valence-corrected chi connectivity index (χ0v) is 18.6. The average Bonchev–Trinajstić information content (AvgIpc) is 3.37. The lowest BCUT2D eigenvalue weighted by molar-refractivity contribution is -0.119. The predicted octanol–water partition coefficient (Wildman–Crippen LogP) is 4.09. The van der Waals surface area contributed by atoms with Gasteiger partial charge in [-0.3, -0.25) is 14.5 Å². The normalized spacial score (nSPS) is 13.1. The molecule has 3 aromatic rings. The summed E-state index contributed by atoms with van der Waals surface area (Å²) in [6.45, 7) is 3.97. The van der Waals surface area contributed by atoms with Gasteiger partial charge in [0.1, 0.15) is 18.2 Å². The Morgan fingerprint density at radius 3 is 2.42 bits per heavy atom. The Morgan fingerprint density at radius 2 is 1.76 bits per heavy atom. The maximum atomic E-state index is 13.4. The molecule has 2 amide bonds. The molecule has 1 fully saturated rings. The lowest BCUT2D eigenvalue weighted by Crippen LogP contribution is -2.41. The molecule has 0 bridgehead atoms. The van der Waals surface area contributed by atoms with E-state index >= 15 is 0 Å². The summed E-state index contributed by atoms with van der Waals surface area (Å²) in [4.78, 5) is 34.3. The minimum atomic E-state index is -0.328. The van der Waals surface area contributed by atoms with Crippen molar-refractivity contribution in [2.24, 2.45) is 0 Å². The summed E-state index contributed by atoms with van der Waals surface area (Å²) in [5.74, 6) is -0.0615. The predicted molar refractivity (Wildman–Crippen MR) is 127 cm³/mol. The average molecular weight is 447 g/mol. The Balaban J connectivity index is 1.50. The molecule has 4 rings (SSSR count). The second-order valence-corrected chi connectivity index (χ2v) is 8.18. The van der Waals surface area contributed by atoms with Crippen molar-refractivity contribution >= 4 is 23.3 Å². The number of aryl methyl sites for hydroxylation is 1. The smallest absolute Gasteiger partial charge is 0.260 e. The van der Waals surface area contributed by atoms with Gasteiger partial charge in [-0.15, -0.1) is 0 Å². The van der Waals surface area contributed by atoms with Gasteiger partial charge >= 0.3 is 0 Å². The summed E-state index contributed by atoms with van der Waals surface area (Å²) >= 11 is 0. The van der Waals surface area contributed by atoms with Crippen LogP contribution < -0.4 is 15.1 Å². The number of benzene rings is 2. The quantitative estimate of drug-likeness (QED) is 0.594. The van der Waals surface area contributed by atoms with E-state index in [1.807, 2.05) is 37.3 Å². The fourth-order valence-corrected chi connectivity index (χ4v) is 3.94. The molecule has 1 aliphatic heterocycles. The third-order valence-electron chi connectivity index (χ3n) is 5.78. The first-order chi connectivity index (χ1) is 16.0. The van der Waals surface area contributed by atoms with E-state index in [1.54, 1.807) is 24.4 Å². The summed E-state index contributed by atoms with van der Waals surface area (Å²) < 4.78 is 13.1. The Morgan fingerprint density at radius 1 is 1.03 bits per heavy atom. The van der Waals surface area contributed by atoms with Crippen LogP contribution in [0.3, 0.4) is 0 Å². The number of rotatable bonds is 7. The van der Waals surface area contributed by atoms with Crippen molar-refractivity contribution in [3.05, 3.63) is 89.4 Å². The van der Waals surface area contributed by atoms with E-state index in [9.17, 15) is 14.0 Å². The topological polar surface area (TPSA) is 65.5 Å². The largest absolute Gasteiger partial charge is 0.357 e. The third kappa shape index (κ3) is 5.55. The fourth-order valence-electron chi connectivity index (χ4n) is 3.94.